The maximum absolute atomic E-state index is 8.69. The van der Waals surface area contributed by atoms with Crippen LogP contribution in [0.25, 0.3) is 0 Å². The van der Waals surface area contributed by atoms with Gasteiger partial charge in [-0.3, -0.25) is 0 Å². The third-order valence-corrected chi connectivity index (χ3v) is 3.82. The van der Waals surface area contributed by atoms with Gasteiger partial charge < -0.3 is 14.7 Å². The Morgan fingerprint density at radius 3 is 2.43 bits per heavy atom. The Balaban J connectivity index is 1.86. The fourth-order valence-corrected chi connectivity index (χ4v) is 2.45. The highest BCUT2D eigenvalue weighted by atomic mass is 79.9. The average Bonchev–Trinajstić information content (AvgIpc) is 2.54. The third-order valence-electron chi connectivity index (χ3n) is 3.33. The summed E-state index contributed by atoms with van der Waals surface area (Å²) in [5.41, 5.74) is 1.99. The largest absolute Gasteiger partial charge is 0.490 e. The van der Waals surface area contributed by atoms with E-state index in [9.17, 15) is 0 Å². The Morgan fingerprint density at radius 1 is 1.09 bits per heavy atom. The van der Waals surface area contributed by atoms with Crippen molar-refractivity contribution in [3.63, 3.8) is 0 Å². The van der Waals surface area contributed by atoms with Crippen LogP contribution in [0.5, 0.6) is 11.5 Å². The molecule has 0 aliphatic rings. The van der Waals surface area contributed by atoms with E-state index in [0.717, 1.165) is 10.2 Å². The minimum absolute atomic E-state index is 0.403. The van der Waals surface area contributed by atoms with E-state index in [1.807, 2.05) is 30.3 Å². The van der Waals surface area contributed by atoms with Gasteiger partial charge in [0.1, 0.15) is 24.7 Å². The highest BCUT2D eigenvalue weighted by Gasteiger charge is 2.04. The van der Waals surface area contributed by atoms with Gasteiger partial charge in [0.15, 0.2) is 0 Å². The summed E-state index contributed by atoms with van der Waals surface area (Å²) in [4.78, 5) is 0. The van der Waals surface area contributed by atoms with Crippen molar-refractivity contribution in [2.24, 2.45) is 5.16 Å². The first-order chi connectivity index (χ1) is 11.1. The van der Waals surface area contributed by atoms with Crippen molar-refractivity contribution in [1.29, 1.82) is 0 Å². The van der Waals surface area contributed by atoms with E-state index in [0.29, 0.717) is 30.4 Å². The van der Waals surface area contributed by atoms with E-state index in [1.165, 1.54) is 11.8 Å². The molecule has 0 amide bonds. The first-order valence-electron chi connectivity index (χ1n) is 7.42. The normalized spacial score (nSPS) is 11.1. The molecule has 0 spiro atoms. The molecule has 0 saturated heterocycles. The molecule has 0 heterocycles. The minimum Gasteiger partial charge on any atom is -0.490 e. The zero-order valence-electron chi connectivity index (χ0n) is 13.2. The maximum atomic E-state index is 8.69. The highest BCUT2D eigenvalue weighted by molar-refractivity contribution is 9.10. The number of ether oxygens (including phenoxy) is 2. The molecule has 4 nitrogen and oxygen atoms in total. The van der Waals surface area contributed by atoms with Crippen LogP contribution < -0.4 is 9.47 Å². The number of benzene rings is 2. The van der Waals surface area contributed by atoms with E-state index in [4.69, 9.17) is 14.7 Å². The lowest BCUT2D eigenvalue weighted by atomic mass is 10.0. The zero-order valence-corrected chi connectivity index (χ0v) is 14.8. The lowest BCUT2D eigenvalue weighted by molar-refractivity contribution is 0.217. The second-order valence-corrected chi connectivity index (χ2v) is 6.26. The van der Waals surface area contributed by atoms with Crippen LogP contribution in [0.1, 0.15) is 30.9 Å². The zero-order chi connectivity index (χ0) is 16.7. The van der Waals surface area contributed by atoms with Gasteiger partial charge in [0, 0.05) is 10.0 Å². The molecule has 0 aromatic heterocycles. The number of hydrogen-bond acceptors (Lipinski definition) is 4. The summed E-state index contributed by atoms with van der Waals surface area (Å²) in [6.07, 6.45) is 1.34. The Kier molecular flexibility index (Phi) is 6.47. The Morgan fingerprint density at radius 2 is 1.78 bits per heavy atom. The monoisotopic (exact) mass is 377 g/mol. The summed E-state index contributed by atoms with van der Waals surface area (Å²) in [5.74, 6) is 1.98. The van der Waals surface area contributed by atoms with Crippen LogP contribution in [0.4, 0.5) is 0 Å². The smallest absolute Gasteiger partial charge is 0.128 e. The molecule has 0 radical (unpaired) electrons. The van der Waals surface area contributed by atoms with E-state index in [1.54, 1.807) is 0 Å². The Bertz CT molecular complexity index is 654. The van der Waals surface area contributed by atoms with Crippen LogP contribution in [0.3, 0.4) is 0 Å². The van der Waals surface area contributed by atoms with E-state index in [-0.39, 0.29) is 0 Å². The molecule has 5 heteroatoms. The van der Waals surface area contributed by atoms with Crippen molar-refractivity contribution >= 4 is 22.1 Å². The third kappa shape index (κ3) is 5.28. The fourth-order valence-electron chi connectivity index (χ4n) is 2.07. The van der Waals surface area contributed by atoms with Crippen LogP contribution in [0.2, 0.25) is 0 Å². The summed E-state index contributed by atoms with van der Waals surface area (Å²) in [6, 6.07) is 13.6. The average molecular weight is 378 g/mol. The summed E-state index contributed by atoms with van der Waals surface area (Å²) in [5, 5.41) is 11.7. The van der Waals surface area contributed by atoms with E-state index in [2.05, 4.69) is 47.1 Å². The van der Waals surface area contributed by atoms with Crippen LogP contribution in [-0.2, 0) is 0 Å². The van der Waals surface area contributed by atoms with Crippen LogP contribution >= 0.6 is 15.9 Å². The van der Waals surface area contributed by atoms with Crippen molar-refractivity contribution in [3.8, 4) is 11.5 Å². The lowest BCUT2D eigenvalue weighted by Gasteiger charge is -2.11. The van der Waals surface area contributed by atoms with Gasteiger partial charge in [-0.1, -0.05) is 47.1 Å². The molecule has 0 atom stereocenters. The molecule has 122 valence electrons. The number of oxime groups is 1. The van der Waals surface area contributed by atoms with Crippen LogP contribution in [-0.4, -0.2) is 24.6 Å². The molecule has 2 aromatic rings. The maximum Gasteiger partial charge on any atom is 0.128 e. The minimum atomic E-state index is 0.403. The van der Waals surface area contributed by atoms with Crippen molar-refractivity contribution in [1.82, 2.24) is 0 Å². The number of nitrogens with zero attached hydrogens (tertiary/aromatic N) is 1. The molecule has 0 saturated carbocycles. The molecule has 0 fully saturated rings. The lowest BCUT2D eigenvalue weighted by Crippen LogP contribution is -2.10. The van der Waals surface area contributed by atoms with Crippen molar-refractivity contribution in [2.75, 3.05) is 13.2 Å². The topological polar surface area (TPSA) is 51.0 Å². The summed E-state index contributed by atoms with van der Waals surface area (Å²) >= 11 is 3.37. The molecule has 2 rings (SSSR count). The molecule has 1 N–H and O–H groups in total. The predicted octanol–water partition coefficient (Wildman–Crippen LogP) is 4.84. The van der Waals surface area contributed by atoms with E-state index >= 15 is 0 Å². The number of hydrogen-bond donors (Lipinski definition) is 1. The standard InChI is InChI=1S/C18H20BrNO3/c1-13(2)14-3-6-17(7-4-14)22-9-10-23-18-8-5-16(19)11-15(18)12-20-21/h3-8,11-13,21H,9-10H2,1-2H3. The van der Waals surface area contributed by atoms with E-state index < -0.39 is 0 Å². The number of halogens is 1. The number of rotatable bonds is 7. The van der Waals surface area contributed by atoms with Gasteiger partial charge in [0.05, 0.1) is 6.21 Å². The predicted molar refractivity (Wildman–Crippen MR) is 95.0 cm³/mol. The molecule has 0 aliphatic heterocycles. The first-order valence-corrected chi connectivity index (χ1v) is 8.22. The Hall–Kier alpha value is -2.01. The van der Waals surface area contributed by atoms with Gasteiger partial charge in [-0.25, -0.2) is 0 Å². The van der Waals surface area contributed by atoms with Gasteiger partial charge >= 0.3 is 0 Å². The van der Waals surface area contributed by atoms with Crippen LogP contribution in [0.15, 0.2) is 52.1 Å². The van der Waals surface area contributed by atoms with Crippen molar-refractivity contribution < 1.29 is 14.7 Å². The first kappa shape index (κ1) is 17.3. The summed E-state index contributed by atoms with van der Waals surface area (Å²) in [6.45, 7) is 5.16. The second-order valence-electron chi connectivity index (χ2n) is 5.35. The SMILES string of the molecule is CC(C)c1ccc(OCCOc2ccc(Br)cc2C=NO)cc1. The highest BCUT2D eigenvalue weighted by Crippen LogP contribution is 2.22. The second kappa shape index (κ2) is 8.58. The molecule has 23 heavy (non-hydrogen) atoms. The quantitative estimate of drug-likeness (QED) is 0.325. The molecular formula is C18H20BrNO3. The summed E-state index contributed by atoms with van der Waals surface area (Å²) < 4.78 is 12.2. The molecule has 2 aromatic carbocycles. The Labute approximate surface area is 144 Å². The van der Waals surface area contributed by atoms with Gasteiger partial charge in [0.2, 0.25) is 0 Å². The van der Waals surface area contributed by atoms with Crippen LogP contribution in [0, 0.1) is 0 Å². The van der Waals surface area contributed by atoms with Crippen molar-refractivity contribution in [3.05, 3.63) is 58.1 Å². The van der Waals surface area contributed by atoms with Gasteiger partial charge in [0.25, 0.3) is 0 Å². The van der Waals surface area contributed by atoms with Crippen molar-refractivity contribution in [2.45, 2.75) is 19.8 Å². The van der Waals surface area contributed by atoms with Gasteiger partial charge in [-0.05, 0) is 41.8 Å². The van der Waals surface area contributed by atoms with Gasteiger partial charge in [-0.2, -0.15) is 0 Å². The fraction of sp³-hybridized carbons (Fsp3) is 0.278. The molecule has 0 aliphatic carbocycles. The molecular weight excluding hydrogens is 358 g/mol. The van der Waals surface area contributed by atoms with Gasteiger partial charge in [-0.15, -0.1) is 0 Å². The molecule has 0 unspecified atom stereocenters. The molecule has 0 bridgehead atoms. The summed E-state index contributed by atoms with van der Waals surface area (Å²) in [7, 11) is 0.